The molecule has 60 valence electrons. The van der Waals surface area contributed by atoms with Crippen LogP contribution in [0.2, 0.25) is 0 Å². The summed E-state index contributed by atoms with van der Waals surface area (Å²) in [5.74, 6) is 1.13. The Hall–Kier alpha value is -0.200. The molecule has 1 rings (SSSR count). The van der Waals surface area contributed by atoms with Gasteiger partial charge in [-0.05, 0) is 23.6 Å². The van der Waals surface area contributed by atoms with E-state index < -0.39 is 0 Å². The molecule has 0 nitrogen and oxygen atoms in total. The number of benzene rings is 1. The van der Waals surface area contributed by atoms with Crippen molar-refractivity contribution in [1.82, 2.24) is 0 Å². The van der Waals surface area contributed by atoms with Gasteiger partial charge in [0.1, 0.15) is 0 Å². The van der Waals surface area contributed by atoms with Gasteiger partial charge in [0.2, 0.25) is 0 Å². The van der Waals surface area contributed by atoms with Crippen molar-refractivity contribution in [2.75, 3.05) is 0 Å². The van der Waals surface area contributed by atoms with Gasteiger partial charge in [0, 0.05) is 11.8 Å². The Kier molecular flexibility index (Phi) is 3.22. The quantitative estimate of drug-likeness (QED) is 0.625. The molecule has 0 aliphatic rings. The zero-order valence-corrected chi connectivity index (χ0v) is 7.91. The number of rotatable bonds is 2. The van der Waals surface area contributed by atoms with E-state index in [-0.39, 0.29) is 0 Å². The number of halogens is 2. The summed E-state index contributed by atoms with van der Waals surface area (Å²) < 4.78 is 0. The molecule has 0 aliphatic heterocycles. The molecule has 0 amide bonds. The van der Waals surface area contributed by atoms with E-state index in [4.69, 9.17) is 23.2 Å². The van der Waals surface area contributed by atoms with E-state index in [1.807, 2.05) is 18.2 Å². The van der Waals surface area contributed by atoms with Crippen LogP contribution in [0, 0.1) is 6.92 Å². The van der Waals surface area contributed by atoms with Crippen molar-refractivity contribution < 1.29 is 0 Å². The highest BCUT2D eigenvalue weighted by Crippen LogP contribution is 2.16. The third kappa shape index (κ3) is 1.88. The molecule has 0 saturated heterocycles. The van der Waals surface area contributed by atoms with Crippen LogP contribution in [0.5, 0.6) is 0 Å². The third-order valence-electron chi connectivity index (χ3n) is 1.85. The molecule has 1 aromatic rings. The predicted octanol–water partition coefficient (Wildman–Crippen LogP) is 3.47. The van der Waals surface area contributed by atoms with E-state index in [0.717, 1.165) is 0 Å². The normalized spacial score (nSPS) is 10.1. The lowest BCUT2D eigenvalue weighted by atomic mass is 10.1. The van der Waals surface area contributed by atoms with Gasteiger partial charge >= 0.3 is 0 Å². The van der Waals surface area contributed by atoms with Crippen LogP contribution in [-0.2, 0) is 11.8 Å². The average Bonchev–Trinajstić information content (AvgIpc) is 2.05. The SMILES string of the molecule is Cc1c(CCl)cccc1CCl. The van der Waals surface area contributed by atoms with Gasteiger partial charge in [0.15, 0.2) is 0 Å². The van der Waals surface area contributed by atoms with Crippen LogP contribution in [0.1, 0.15) is 16.7 Å². The van der Waals surface area contributed by atoms with Crippen LogP contribution in [0.15, 0.2) is 18.2 Å². The van der Waals surface area contributed by atoms with Crippen LogP contribution >= 0.6 is 23.2 Å². The van der Waals surface area contributed by atoms with Crippen molar-refractivity contribution >= 4 is 23.2 Å². The van der Waals surface area contributed by atoms with Crippen LogP contribution < -0.4 is 0 Å². The summed E-state index contributed by atoms with van der Waals surface area (Å²) in [6.07, 6.45) is 0. The summed E-state index contributed by atoms with van der Waals surface area (Å²) in [6.45, 7) is 2.05. The summed E-state index contributed by atoms with van der Waals surface area (Å²) in [4.78, 5) is 0. The topological polar surface area (TPSA) is 0 Å². The largest absolute Gasteiger partial charge is 0.122 e. The fourth-order valence-corrected chi connectivity index (χ4v) is 1.61. The standard InChI is InChI=1S/C9H10Cl2/c1-7-8(5-10)3-2-4-9(7)6-11/h2-4H,5-6H2,1H3. The first-order valence-electron chi connectivity index (χ1n) is 3.49. The minimum Gasteiger partial charge on any atom is -0.122 e. The van der Waals surface area contributed by atoms with Crippen molar-refractivity contribution in [1.29, 1.82) is 0 Å². The Morgan fingerprint density at radius 2 is 1.55 bits per heavy atom. The fourth-order valence-electron chi connectivity index (χ4n) is 1.03. The van der Waals surface area contributed by atoms with E-state index in [1.54, 1.807) is 0 Å². The molecule has 11 heavy (non-hydrogen) atoms. The molecule has 0 aliphatic carbocycles. The van der Waals surface area contributed by atoms with Gasteiger partial charge in [-0.2, -0.15) is 0 Å². The summed E-state index contributed by atoms with van der Waals surface area (Å²) in [7, 11) is 0. The second-order valence-corrected chi connectivity index (χ2v) is 3.00. The fraction of sp³-hybridized carbons (Fsp3) is 0.333. The maximum absolute atomic E-state index is 5.72. The van der Waals surface area contributed by atoms with Crippen molar-refractivity contribution in [3.63, 3.8) is 0 Å². The molecule has 0 N–H and O–H groups in total. The molecule has 0 saturated carbocycles. The van der Waals surface area contributed by atoms with E-state index in [0.29, 0.717) is 11.8 Å². The van der Waals surface area contributed by atoms with Crippen molar-refractivity contribution in [3.05, 3.63) is 34.9 Å². The molecular weight excluding hydrogens is 179 g/mol. The summed E-state index contributed by atoms with van der Waals surface area (Å²) in [6, 6.07) is 6.04. The maximum Gasteiger partial charge on any atom is 0.0476 e. The monoisotopic (exact) mass is 188 g/mol. The van der Waals surface area contributed by atoms with Gasteiger partial charge in [-0.1, -0.05) is 18.2 Å². The molecule has 0 spiro atoms. The Bertz CT molecular complexity index is 221. The Morgan fingerprint density at radius 1 is 1.09 bits per heavy atom. The van der Waals surface area contributed by atoms with E-state index in [9.17, 15) is 0 Å². The zero-order chi connectivity index (χ0) is 8.27. The third-order valence-corrected chi connectivity index (χ3v) is 2.42. The first kappa shape index (κ1) is 8.89. The van der Waals surface area contributed by atoms with Crippen molar-refractivity contribution in [3.8, 4) is 0 Å². The summed E-state index contributed by atoms with van der Waals surface area (Å²) in [5.41, 5.74) is 3.56. The Balaban J connectivity index is 3.10. The minimum absolute atomic E-state index is 0.566. The second kappa shape index (κ2) is 3.99. The molecule has 0 heterocycles. The molecule has 1 aromatic carbocycles. The van der Waals surface area contributed by atoms with Gasteiger partial charge < -0.3 is 0 Å². The van der Waals surface area contributed by atoms with Gasteiger partial charge in [-0.3, -0.25) is 0 Å². The number of hydrogen-bond acceptors (Lipinski definition) is 0. The number of hydrogen-bond donors (Lipinski definition) is 0. The van der Waals surface area contributed by atoms with Gasteiger partial charge in [-0.15, -0.1) is 23.2 Å². The zero-order valence-electron chi connectivity index (χ0n) is 6.40. The maximum atomic E-state index is 5.72. The van der Waals surface area contributed by atoms with Crippen molar-refractivity contribution in [2.45, 2.75) is 18.7 Å². The second-order valence-electron chi connectivity index (χ2n) is 2.47. The molecule has 0 radical (unpaired) electrons. The highest BCUT2D eigenvalue weighted by molar-refractivity contribution is 6.18. The molecule has 0 unspecified atom stereocenters. The molecule has 0 atom stereocenters. The Morgan fingerprint density at radius 3 is 1.91 bits per heavy atom. The highest BCUT2D eigenvalue weighted by atomic mass is 35.5. The lowest BCUT2D eigenvalue weighted by Crippen LogP contribution is -1.90. The van der Waals surface area contributed by atoms with Crippen LogP contribution in [0.25, 0.3) is 0 Å². The summed E-state index contributed by atoms with van der Waals surface area (Å²) >= 11 is 11.4. The first-order chi connectivity index (χ1) is 5.29. The smallest absolute Gasteiger partial charge is 0.0476 e. The molecular formula is C9H10Cl2. The average molecular weight is 189 g/mol. The van der Waals surface area contributed by atoms with Crippen LogP contribution in [0.3, 0.4) is 0 Å². The van der Waals surface area contributed by atoms with Crippen LogP contribution in [0.4, 0.5) is 0 Å². The van der Waals surface area contributed by atoms with E-state index in [1.165, 1.54) is 16.7 Å². The van der Waals surface area contributed by atoms with E-state index >= 15 is 0 Å². The molecule has 0 fully saturated rings. The molecule has 0 aromatic heterocycles. The first-order valence-corrected chi connectivity index (χ1v) is 4.55. The summed E-state index contributed by atoms with van der Waals surface area (Å²) in [5, 5.41) is 0. The van der Waals surface area contributed by atoms with Crippen LogP contribution in [-0.4, -0.2) is 0 Å². The lowest BCUT2D eigenvalue weighted by molar-refractivity contribution is 1.22. The van der Waals surface area contributed by atoms with Gasteiger partial charge in [0.05, 0.1) is 0 Å². The lowest BCUT2D eigenvalue weighted by Gasteiger charge is -2.05. The molecule has 2 heteroatoms. The predicted molar refractivity (Wildman–Crippen MR) is 50.3 cm³/mol. The highest BCUT2D eigenvalue weighted by Gasteiger charge is 2.00. The minimum atomic E-state index is 0.566. The van der Waals surface area contributed by atoms with Gasteiger partial charge in [0.25, 0.3) is 0 Å². The van der Waals surface area contributed by atoms with Crippen molar-refractivity contribution in [2.24, 2.45) is 0 Å². The van der Waals surface area contributed by atoms with E-state index in [2.05, 4.69) is 6.92 Å². The van der Waals surface area contributed by atoms with Gasteiger partial charge in [-0.25, -0.2) is 0 Å². The number of alkyl halides is 2. The molecule has 0 bridgehead atoms. The Labute approximate surface area is 77.1 Å².